The molecule has 13 heteroatoms. The summed E-state index contributed by atoms with van der Waals surface area (Å²) in [6.45, 7) is 3.62. The van der Waals surface area contributed by atoms with E-state index in [0.717, 1.165) is 10.4 Å². The zero-order valence-corrected chi connectivity index (χ0v) is 22.2. The van der Waals surface area contributed by atoms with E-state index in [9.17, 15) is 19.5 Å². The van der Waals surface area contributed by atoms with E-state index in [1.165, 1.54) is 20.8 Å². The van der Waals surface area contributed by atoms with Crippen molar-refractivity contribution in [3.05, 3.63) is 52.0 Å². The van der Waals surface area contributed by atoms with Crippen molar-refractivity contribution < 1.29 is 14.7 Å². The molecule has 0 bridgehead atoms. The average Bonchev–Trinajstić information content (AvgIpc) is 3.63. The van der Waals surface area contributed by atoms with Gasteiger partial charge in [0.05, 0.1) is 45.3 Å². The summed E-state index contributed by atoms with van der Waals surface area (Å²) < 4.78 is 3.23. The molecule has 4 N–H and O–H groups in total. The van der Waals surface area contributed by atoms with Gasteiger partial charge in [-0.3, -0.25) is 24.6 Å². The number of nitrogens with zero attached hydrogens (tertiary/aromatic N) is 5. The van der Waals surface area contributed by atoms with Gasteiger partial charge in [-0.15, -0.1) is 11.3 Å². The predicted molar refractivity (Wildman–Crippen MR) is 145 cm³/mol. The molecular weight excluding hydrogens is 508 g/mol. The first-order chi connectivity index (χ1) is 18.0. The number of amides is 2. The second kappa shape index (κ2) is 9.58. The van der Waals surface area contributed by atoms with E-state index < -0.39 is 5.60 Å². The summed E-state index contributed by atoms with van der Waals surface area (Å²) in [4.78, 5) is 48.5. The van der Waals surface area contributed by atoms with Crippen LogP contribution in [0.3, 0.4) is 0 Å². The highest BCUT2D eigenvalue weighted by Gasteiger charge is 2.21. The third-order valence-corrected chi connectivity index (χ3v) is 7.21. The fourth-order valence-electron chi connectivity index (χ4n) is 4.24. The summed E-state index contributed by atoms with van der Waals surface area (Å²) in [5, 5.41) is 19.9. The Morgan fingerprint density at radius 2 is 1.97 bits per heavy atom. The minimum atomic E-state index is -1.10. The second-order valence-corrected chi connectivity index (χ2v) is 11.0. The molecule has 0 fully saturated rings. The monoisotopic (exact) mass is 536 g/mol. The van der Waals surface area contributed by atoms with Crippen LogP contribution in [0.5, 0.6) is 0 Å². The van der Waals surface area contributed by atoms with Gasteiger partial charge in [0, 0.05) is 43.7 Å². The smallest absolute Gasteiger partial charge is 0.326 e. The number of aromatic amines is 2. The molecule has 1 aromatic carbocycles. The molecule has 0 aliphatic heterocycles. The standard InChI is InChI=1S/C25H28N8O4S/c1-25(2,37)13-33-18-9-15-17(10-16(18)29-24(33)36)32(8-7-21(34)31(3)4)23(28-15)30-22(35)20-6-5-19(38-20)14-11-26-27-12-14/h5-6,9-12,37H,7-8,13H2,1-4H3,(H,26,27)(H,29,36)(H,28,30,35). The molecular formula is C25H28N8O4S. The number of fused-ring (bicyclic) bond motifs is 2. The molecule has 0 saturated carbocycles. The first-order valence-corrected chi connectivity index (χ1v) is 12.8. The number of benzene rings is 1. The number of H-pyrrole nitrogens is 2. The van der Waals surface area contributed by atoms with Crippen LogP contribution in [0, 0.1) is 0 Å². The van der Waals surface area contributed by atoms with Crippen LogP contribution in [0.15, 0.2) is 41.5 Å². The zero-order chi connectivity index (χ0) is 27.2. The van der Waals surface area contributed by atoms with Crippen molar-refractivity contribution in [1.29, 1.82) is 0 Å². The number of rotatable bonds is 8. The lowest BCUT2D eigenvalue weighted by Gasteiger charge is -2.17. The Hall–Kier alpha value is -4.23. The van der Waals surface area contributed by atoms with Gasteiger partial charge in [-0.05, 0) is 38.1 Å². The highest BCUT2D eigenvalue weighted by molar-refractivity contribution is 7.17. The molecule has 4 heterocycles. The number of thiophene rings is 1. The molecule has 198 valence electrons. The van der Waals surface area contributed by atoms with E-state index in [0.29, 0.717) is 32.9 Å². The average molecular weight is 537 g/mol. The van der Waals surface area contributed by atoms with Crippen molar-refractivity contribution in [2.24, 2.45) is 0 Å². The van der Waals surface area contributed by atoms with Gasteiger partial charge in [-0.1, -0.05) is 0 Å². The van der Waals surface area contributed by atoms with E-state index in [1.54, 1.807) is 63.1 Å². The molecule has 0 spiro atoms. The number of nitrogens with one attached hydrogen (secondary N) is 3. The van der Waals surface area contributed by atoms with Gasteiger partial charge in [0.15, 0.2) is 0 Å². The van der Waals surface area contributed by atoms with Crippen LogP contribution < -0.4 is 11.0 Å². The van der Waals surface area contributed by atoms with E-state index in [2.05, 4.69) is 25.5 Å². The molecule has 12 nitrogen and oxygen atoms in total. The normalized spacial score (nSPS) is 11.9. The van der Waals surface area contributed by atoms with Crippen molar-refractivity contribution in [2.75, 3.05) is 19.4 Å². The Bertz CT molecular complexity index is 1700. The molecule has 0 aliphatic rings. The molecule has 0 aliphatic carbocycles. The van der Waals surface area contributed by atoms with Crippen LogP contribution in [-0.4, -0.2) is 70.8 Å². The van der Waals surface area contributed by atoms with Gasteiger partial charge in [-0.25, -0.2) is 9.78 Å². The Balaban J connectivity index is 1.54. The highest BCUT2D eigenvalue weighted by atomic mass is 32.1. The predicted octanol–water partition coefficient (Wildman–Crippen LogP) is 2.63. The lowest BCUT2D eigenvalue weighted by Crippen LogP contribution is -2.31. The van der Waals surface area contributed by atoms with Gasteiger partial charge in [0.1, 0.15) is 0 Å². The van der Waals surface area contributed by atoms with E-state index in [1.807, 2.05) is 6.07 Å². The topological polar surface area (TPSA) is 154 Å². The second-order valence-electron chi connectivity index (χ2n) is 9.92. The molecule has 0 saturated heterocycles. The Labute approximate surface area is 220 Å². The first kappa shape index (κ1) is 25.4. The quantitative estimate of drug-likeness (QED) is 0.239. The molecule has 5 rings (SSSR count). The number of carbonyl (C=O) groups excluding carboxylic acids is 2. The summed E-state index contributed by atoms with van der Waals surface area (Å²) in [6, 6.07) is 7.12. The van der Waals surface area contributed by atoms with Gasteiger partial charge in [-0.2, -0.15) is 5.10 Å². The number of hydrogen-bond donors (Lipinski definition) is 4. The first-order valence-electron chi connectivity index (χ1n) is 12.0. The summed E-state index contributed by atoms with van der Waals surface area (Å²) in [6.07, 6.45) is 3.64. The van der Waals surface area contributed by atoms with E-state index >= 15 is 0 Å². The lowest BCUT2D eigenvalue weighted by atomic mass is 10.1. The summed E-state index contributed by atoms with van der Waals surface area (Å²) >= 11 is 1.33. The molecule has 2 amide bonds. The molecule has 5 aromatic rings. The van der Waals surface area contributed by atoms with Crippen molar-refractivity contribution in [2.45, 2.75) is 39.0 Å². The fourth-order valence-corrected chi connectivity index (χ4v) is 5.12. The van der Waals surface area contributed by atoms with Crippen molar-refractivity contribution in [1.82, 2.24) is 34.2 Å². The molecule has 4 aromatic heterocycles. The van der Waals surface area contributed by atoms with Crippen LogP contribution in [0.2, 0.25) is 0 Å². The van der Waals surface area contributed by atoms with Crippen molar-refractivity contribution in [3.63, 3.8) is 0 Å². The van der Waals surface area contributed by atoms with Crippen LogP contribution >= 0.6 is 11.3 Å². The Morgan fingerprint density at radius 1 is 1.18 bits per heavy atom. The van der Waals surface area contributed by atoms with Crippen molar-refractivity contribution in [3.8, 4) is 10.4 Å². The maximum Gasteiger partial charge on any atom is 0.326 e. The maximum absolute atomic E-state index is 13.2. The number of anilines is 1. The maximum atomic E-state index is 13.2. The van der Waals surface area contributed by atoms with Crippen LogP contribution in [0.4, 0.5) is 5.95 Å². The van der Waals surface area contributed by atoms with Gasteiger partial charge < -0.3 is 19.6 Å². The SMILES string of the molecule is CN(C)C(=O)CCn1c(NC(=O)c2ccc(-c3cn[nH]c3)s2)nc2cc3c(cc21)[nH]c(=O)n3CC(C)(C)O. The summed E-state index contributed by atoms with van der Waals surface area (Å²) in [7, 11) is 3.37. The minimum absolute atomic E-state index is 0.0713. The van der Waals surface area contributed by atoms with E-state index in [-0.39, 0.29) is 37.0 Å². The number of carbonyl (C=O) groups is 2. The van der Waals surface area contributed by atoms with Gasteiger partial charge >= 0.3 is 5.69 Å². The number of aliphatic hydroxyl groups is 1. The third-order valence-electron chi connectivity index (χ3n) is 6.07. The van der Waals surface area contributed by atoms with Gasteiger partial charge in [0.2, 0.25) is 11.9 Å². The van der Waals surface area contributed by atoms with Crippen molar-refractivity contribution >= 4 is 51.2 Å². The fraction of sp³-hybridized carbons (Fsp3) is 0.320. The molecule has 0 unspecified atom stereocenters. The third kappa shape index (κ3) is 4.97. The van der Waals surface area contributed by atoms with Crippen LogP contribution in [0.1, 0.15) is 29.9 Å². The Kier molecular flexibility index (Phi) is 6.41. The zero-order valence-electron chi connectivity index (χ0n) is 21.4. The number of hydrogen-bond acceptors (Lipinski definition) is 7. The Morgan fingerprint density at radius 3 is 2.66 bits per heavy atom. The largest absolute Gasteiger partial charge is 0.389 e. The summed E-state index contributed by atoms with van der Waals surface area (Å²) in [5.74, 6) is -0.110. The van der Waals surface area contributed by atoms with E-state index in [4.69, 9.17) is 0 Å². The molecule has 38 heavy (non-hydrogen) atoms. The lowest BCUT2D eigenvalue weighted by molar-refractivity contribution is -0.128. The van der Waals surface area contributed by atoms with Gasteiger partial charge in [0.25, 0.3) is 5.91 Å². The highest BCUT2D eigenvalue weighted by Crippen LogP contribution is 2.29. The van der Waals surface area contributed by atoms with Crippen LogP contribution in [-0.2, 0) is 17.9 Å². The molecule has 0 atom stereocenters. The number of aromatic nitrogens is 6. The number of imidazole rings is 2. The summed E-state index contributed by atoms with van der Waals surface area (Å²) in [5.41, 5.74) is 1.78. The minimum Gasteiger partial charge on any atom is -0.389 e. The van der Waals surface area contributed by atoms with Crippen LogP contribution in [0.25, 0.3) is 32.5 Å². The number of aryl methyl sites for hydroxylation is 1. The molecule has 0 radical (unpaired) electrons.